The Kier molecular flexibility index (Phi) is 4.96. The van der Waals surface area contributed by atoms with Gasteiger partial charge in [0.25, 0.3) is 5.91 Å². The number of carbonyl (C=O) groups excluding carboxylic acids is 2. The molecular formula is C19H15N3O3S. The molecular weight excluding hydrogens is 350 g/mol. The average molecular weight is 365 g/mol. The van der Waals surface area contributed by atoms with Gasteiger partial charge < -0.3 is 9.30 Å². The lowest BCUT2D eigenvalue weighted by atomic mass is 10.1. The van der Waals surface area contributed by atoms with Gasteiger partial charge in [-0.3, -0.25) is 4.79 Å². The third-order valence-electron chi connectivity index (χ3n) is 3.78. The van der Waals surface area contributed by atoms with Gasteiger partial charge in [-0.05, 0) is 49.4 Å². The van der Waals surface area contributed by atoms with Gasteiger partial charge in [-0.2, -0.15) is 10.3 Å². The van der Waals surface area contributed by atoms with Crippen molar-refractivity contribution in [1.82, 2.24) is 4.57 Å². The number of nitrogens with zero attached hydrogens (tertiary/aromatic N) is 3. The maximum Gasteiger partial charge on any atom is 0.338 e. The maximum atomic E-state index is 12.4. The van der Waals surface area contributed by atoms with E-state index in [-0.39, 0.29) is 11.9 Å². The standard InChI is InChI=1S/C19H15N3O3S/c1-3-25-18(24)14-8-9-15-16(10-14)26-19(22(15)2)21-17(23)13-6-4-12(11-20)5-7-13/h4-10H,3H2,1-2H3. The Morgan fingerprint density at radius 1 is 1.19 bits per heavy atom. The zero-order valence-corrected chi connectivity index (χ0v) is 15.0. The van der Waals surface area contributed by atoms with E-state index >= 15 is 0 Å². The summed E-state index contributed by atoms with van der Waals surface area (Å²) in [6.07, 6.45) is 0. The van der Waals surface area contributed by atoms with Crippen LogP contribution >= 0.6 is 11.3 Å². The fraction of sp³-hybridized carbons (Fsp3) is 0.158. The van der Waals surface area contributed by atoms with Crippen LogP contribution in [0.2, 0.25) is 0 Å². The van der Waals surface area contributed by atoms with Gasteiger partial charge in [0.1, 0.15) is 0 Å². The van der Waals surface area contributed by atoms with Crippen LogP contribution in [-0.4, -0.2) is 23.1 Å². The van der Waals surface area contributed by atoms with Crippen molar-refractivity contribution in [2.75, 3.05) is 6.61 Å². The van der Waals surface area contributed by atoms with Gasteiger partial charge in [-0.15, -0.1) is 0 Å². The molecule has 26 heavy (non-hydrogen) atoms. The Hall–Kier alpha value is -3.24. The molecule has 0 N–H and O–H groups in total. The van der Waals surface area contributed by atoms with Crippen LogP contribution in [0.15, 0.2) is 47.5 Å². The Bertz CT molecular complexity index is 1100. The van der Waals surface area contributed by atoms with E-state index < -0.39 is 0 Å². The molecule has 0 unspecified atom stereocenters. The number of amides is 1. The van der Waals surface area contributed by atoms with Crippen molar-refractivity contribution in [3.8, 4) is 6.07 Å². The third kappa shape index (κ3) is 3.41. The van der Waals surface area contributed by atoms with E-state index in [1.54, 1.807) is 47.9 Å². The quantitative estimate of drug-likeness (QED) is 0.668. The Balaban J connectivity index is 2.00. The first-order chi connectivity index (χ1) is 12.5. The molecule has 0 aliphatic heterocycles. The van der Waals surface area contributed by atoms with Crippen molar-refractivity contribution in [2.24, 2.45) is 12.0 Å². The predicted molar refractivity (Wildman–Crippen MR) is 97.8 cm³/mol. The van der Waals surface area contributed by atoms with Crippen LogP contribution in [-0.2, 0) is 11.8 Å². The molecule has 1 aromatic heterocycles. The molecule has 1 heterocycles. The number of ether oxygens (including phenoxy) is 1. The minimum atomic E-state index is -0.387. The molecule has 0 fully saturated rings. The van der Waals surface area contributed by atoms with Crippen LogP contribution < -0.4 is 4.80 Å². The Morgan fingerprint density at radius 3 is 2.54 bits per heavy atom. The highest BCUT2D eigenvalue weighted by molar-refractivity contribution is 7.16. The smallest absolute Gasteiger partial charge is 0.338 e. The minimum absolute atomic E-state index is 0.314. The summed E-state index contributed by atoms with van der Waals surface area (Å²) in [5.41, 5.74) is 2.23. The molecule has 0 saturated carbocycles. The number of fused-ring (bicyclic) bond motifs is 1. The predicted octanol–water partition coefficient (Wildman–Crippen LogP) is 3.03. The van der Waals surface area contributed by atoms with Gasteiger partial charge in [0, 0.05) is 12.6 Å². The number of aryl methyl sites for hydroxylation is 1. The molecule has 7 heteroatoms. The summed E-state index contributed by atoms with van der Waals surface area (Å²) in [4.78, 5) is 28.9. The first-order valence-corrected chi connectivity index (χ1v) is 8.71. The van der Waals surface area contributed by atoms with Gasteiger partial charge in [0.05, 0.1) is 34.0 Å². The van der Waals surface area contributed by atoms with Crippen LogP contribution in [0.3, 0.4) is 0 Å². The van der Waals surface area contributed by atoms with Crippen LogP contribution in [0.25, 0.3) is 10.2 Å². The van der Waals surface area contributed by atoms with E-state index in [2.05, 4.69) is 4.99 Å². The molecule has 0 aliphatic carbocycles. The van der Waals surface area contributed by atoms with Crippen LogP contribution in [0.4, 0.5) is 0 Å². The molecule has 0 spiro atoms. The van der Waals surface area contributed by atoms with Crippen molar-refractivity contribution >= 4 is 33.4 Å². The molecule has 1 amide bonds. The SMILES string of the molecule is CCOC(=O)c1ccc2c(c1)sc(=NC(=O)c1ccc(C#N)cc1)n2C. The topological polar surface area (TPSA) is 84.4 Å². The molecule has 0 saturated heterocycles. The van der Waals surface area contributed by atoms with E-state index in [1.165, 1.54) is 11.3 Å². The monoisotopic (exact) mass is 365 g/mol. The molecule has 0 radical (unpaired) electrons. The molecule has 0 bridgehead atoms. The highest BCUT2D eigenvalue weighted by atomic mass is 32.1. The number of carbonyl (C=O) groups is 2. The second-order valence-electron chi connectivity index (χ2n) is 5.45. The van der Waals surface area contributed by atoms with Crippen molar-refractivity contribution < 1.29 is 14.3 Å². The first-order valence-electron chi connectivity index (χ1n) is 7.89. The summed E-state index contributed by atoms with van der Waals surface area (Å²) < 4.78 is 7.65. The number of hydrogen-bond acceptors (Lipinski definition) is 5. The van der Waals surface area contributed by atoms with E-state index in [9.17, 15) is 9.59 Å². The Morgan fingerprint density at radius 2 is 1.88 bits per heavy atom. The van der Waals surface area contributed by atoms with E-state index in [0.29, 0.717) is 28.1 Å². The minimum Gasteiger partial charge on any atom is -0.462 e. The van der Waals surface area contributed by atoms with Crippen LogP contribution in [0.5, 0.6) is 0 Å². The highest BCUT2D eigenvalue weighted by Gasteiger charge is 2.11. The van der Waals surface area contributed by atoms with Gasteiger partial charge in [0.15, 0.2) is 4.80 Å². The fourth-order valence-electron chi connectivity index (χ4n) is 2.42. The summed E-state index contributed by atoms with van der Waals surface area (Å²) >= 11 is 1.32. The van der Waals surface area contributed by atoms with Crippen molar-refractivity contribution in [1.29, 1.82) is 5.26 Å². The highest BCUT2D eigenvalue weighted by Crippen LogP contribution is 2.19. The third-order valence-corrected chi connectivity index (χ3v) is 4.87. The zero-order chi connectivity index (χ0) is 18.7. The molecule has 0 atom stereocenters. The van der Waals surface area contributed by atoms with Crippen molar-refractivity contribution in [3.05, 3.63) is 64.0 Å². The normalized spacial score (nSPS) is 11.3. The molecule has 3 aromatic rings. The van der Waals surface area contributed by atoms with Crippen molar-refractivity contribution in [3.63, 3.8) is 0 Å². The second-order valence-corrected chi connectivity index (χ2v) is 6.46. The number of nitriles is 1. The van der Waals surface area contributed by atoms with Gasteiger partial charge in [0.2, 0.25) is 0 Å². The molecule has 0 aliphatic rings. The summed E-state index contributed by atoms with van der Waals surface area (Å²) in [6.45, 7) is 2.07. The lowest BCUT2D eigenvalue weighted by Crippen LogP contribution is -2.13. The van der Waals surface area contributed by atoms with Gasteiger partial charge in [-0.25, -0.2) is 4.79 Å². The number of rotatable bonds is 3. The first kappa shape index (κ1) is 17.6. The lowest BCUT2D eigenvalue weighted by molar-refractivity contribution is 0.0526. The lowest BCUT2D eigenvalue weighted by Gasteiger charge is -2.01. The zero-order valence-electron chi connectivity index (χ0n) is 14.2. The molecule has 2 aromatic carbocycles. The summed E-state index contributed by atoms with van der Waals surface area (Å²) in [6, 6.07) is 13.6. The van der Waals surface area contributed by atoms with Crippen molar-refractivity contribution in [2.45, 2.75) is 6.92 Å². The number of hydrogen-bond donors (Lipinski definition) is 0. The molecule has 6 nitrogen and oxygen atoms in total. The summed E-state index contributed by atoms with van der Waals surface area (Å²) in [7, 11) is 1.81. The van der Waals surface area contributed by atoms with Crippen LogP contribution in [0.1, 0.15) is 33.2 Å². The van der Waals surface area contributed by atoms with E-state index in [1.807, 2.05) is 19.2 Å². The number of aromatic nitrogens is 1. The largest absolute Gasteiger partial charge is 0.462 e. The number of benzene rings is 2. The van der Waals surface area contributed by atoms with E-state index in [0.717, 1.165) is 10.2 Å². The average Bonchev–Trinajstić information content (AvgIpc) is 2.97. The Labute approximate surface area is 153 Å². The second kappa shape index (κ2) is 7.33. The molecule has 3 rings (SSSR count). The van der Waals surface area contributed by atoms with Gasteiger partial charge >= 0.3 is 5.97 Å². The molecule has 130 valence electrons. The number of thiazole rings is 1. The van der Waals surface area contributed by atoms with Crippen LogP contribution in [0, 0.1) is 11.3 Å². The maximum absolute atomic E-state index is 12.4. The van der Waals surface area contributed by atoms with Gasteiger partial charge in [-0.1, -0.05) is 11.3 Å². The summed E-state index contributed by atoms with van der Waals surface area (Å²) in [5.74, 6) is -0.764. The number of esters is 1. The summed E-state index contributed by atoms with van der Waals surface area (Å²) in [5, 5.41) is 8.82. The van der Waals surface area contributed by atoms with E-state index in [4.69, 9.17) is 10.00 Å². The fourth-order valence-corrected chi connectivity index (χ4v) is 3.48.